The van der Waals surface area contributed by atoms with Crippen molar-refractivity contribution in [1.29, 1.82) is 0 Å². The van der Waals surface area contributed by atoms with Crippen LogP contribution >= 0.6 is 0 Å². The lowest BCUT2D eigenvalue weighted by Gasteiger charge is -2.36. The molecule has 0 aliphatic carbocycles. The summed E-state index contributed by atoms with van der Waals surface area (Å²) in [4.78, 5) is 21.6. The summed E-state index contributed by atoms with van der Waals surface area (Å²) in [6, 6.07) is 3.36. The average molecular weight is 407 g/mol. The van der Waals surface area contributed by atoms with Crippen molar-refractivity contribution in [2.45, 2.75) is 49.8 Å². The minimum Gasteiger partial charge on any atom is -0.355 e. The van der Waals surface area contributed by atoms with Crippen molar-refractivity contribution in [3.05, 3.63) is 18.3 Å². The molecule has 1 aromatic heterocycles. The van der Waals surface area contributed by atoms with E-state index in [4.69, 9.17) is 0 Å². The van der Waals surface area contributed by atoms with E-state index in [-0.39, 0.29) is 16.7 Å². The van der Waals surface area contributed by atoms with Crippen LogP contribution in [0, 0.1) is 5.92 Å². The van der Waals surface area contributed by atoms with Crippen LogP contribution in [0.25, 0.3) is 0 Å². The Morgan fingerprint density at radius 2 is 1.68 bits per heavy atom. The molecule has 0 spiro atoms. The largest absolute Gasteiger partial charge is 0.355 e. The van der Waals surface area contributed by atoms with Crippen molar-refractivity contribution in [2.75, 3.05) is 44.2 Å². The van der Waals surface area contributed by atoms with Crippen molar-refractivity contribution in [1.82, 2.24) is 14.2 Å². The van der Waals surface area contributed by atoms with Gasteiger partial charge in [-0.15, -0.1) is 0 Å². The van der Waals surface area contributed by atoms with E-state index in [2.05, 4.69) is 4.98 Å². The first kappa shape index (κ1) is 19.6. The van der Waals surface area contributed by atoms with Gasteiger partial charge in [-0.3, -0.25) is 4.79 Å². The SMILES string of the molecule is O=C(C1CCCN(c2ncccc2S(=O)(=O)N2CCCCC2)C1)N1CCCC1. The minimum absolute atomic E-state index is 0.0700. The number of amides is 1. The summed E-state index contributed by atoms with van der Waals surface area (Å²) in [7, 11) is -3.56. The van der Waals surface area contributed by atoms with Crippen LogP contribution < -0.4 is 4.90 Å². The van der Waals surface area contributed by atoms with Crippen LogP contribution in [0.1, 0.15) is 44.9 Å². The number of anilines is 1. The molecule has 8 heteroatoms. The van der Waals surface area contributed by atoms with Gasteiger partial charge in [0.25, 0.3) is 0 Å². The standard InChI is InChI=1S/C20H30N4O3S/c25-20(22-11-4-5-12-22)17-8-7-13-23(16-17)19-18(9-6-10-21-19)28(26,27)24-14-2-1-3-15-24/h6,9-10,17H,1-5,7-8,11-16H2. The van der Waals surface area contributed by atoms with E-state index < -0.39 is 10.0 Å². The Kier molecular flexibility index (Phi) is 5.87. The first-order chi connectivity index (χ1) is 13.6. The van der Waals surface area contributed by atoms with E-state index in [0.29, 0.717) is 25.5 Å². The number of sulfonamides is 1. The summed E-state index contributed by atoms with van der Waals surface area (Å²) in [6.45, 7) is 4.15. The first-order valence-electron chi connectivity index (χ1n) is 10.6. The number of hydrogen-bond donors (Lipinski definition) is 0. The lowest BCUT2D eigenvalue weighted by molar-refractivity contribution is -0.134. The molecule has 1 atom stereocenters. The van der Waals surface area contributed by atoms with Crippen LogP contribution in [0.3, 0.4) is 0 Å². The number of carbonyl (C=O) groups excluding carboxylic acids is 1. The molecule has 0 aromatic carbocycles. The molecule has 4 rings (SSSR count). The lowest BCUT2D eigenvalue weighted by atomic mass is 9.96. The second-order valence-electron chi connectivity index (χ2n) is 8.11. The predicted octanol–water partition coefficient (Wildman–Crippen LogP) is 2.09. The smallest absolute Gasteiger partial charge is 0.246 e. The highest BCUT2D eigenvalue weighted by Gasteiger charge is 2.34. The molecule has 3 saturated heterocycles. The van der Waals surface area contributed by atoms with Gasteiger partial charge in [-0.25, -0.2) is 13.4 Å². The second kappa shape index (κ2) is 8.37. The zero-order valence-corrected chi connectivity index (χ0v) is 17.2. The fourth-order valence-electron chi connectivity index (χ4n) is 4.63. The zero-order valence-electron chi connectivity index (χ0n) is 16.4. The molecule has 0 saturated carbocycles. The highest BCUT2D eigenvalue weighted by Crippen LogP contribution is 2.31. The van der Waals surface area contributed by atoms with Crippen LogP contribution in [0.2, 0.25) is 0 Å². The Morgan fingerprint density at radius 3 is 2.43 bits per heavy atom. The van der Waals surface area contributed by atoms with E-state index >= 15 is 0 Å². The summed E-state index contributed by atoms with van der Waals surface area (Å²) in [5.41, 5.74) is 0. The predicted molar refractivity (Wildman–Crippen MR) is 108 cm³/mol. The maximum absolute atomic E-state index is 13.3. The maximum atomic E-state index is 13.3. The highest BCUT2D eigenvalue weighted by atomic mass is 32.2. The summed E-state index contributed by atoms with van der Waals surface area (Å²) in [5.74, 6) is 0.657. The monoisotopic (exact) mass is 406 g/mol. The summed E-state index contributed by atoms with van der Waals surface area (Å²) < 4.78 is 28.1. The topological polar surface area (TPSA) is 73.8 Å². The van der Waals surface area contributed by atoms with Gasteiger partial charge in [-0.2, -0.15) is 4.31 Å². The number of likely N-dealkylation sites (tertiary alicyclic amines) is 1. The van der Waals surface area contributed by atoms with Crippen molar-refractivity contribution < 1.29 is 13.2 Å². The van der Waals surface area contributed by atoms with Gasteiger partial charge in [0, 0.05) is 45.5 Å². The molecule has 28 heavy (non-hydrogen) atoms. The number of piperidine rings is 2. The van der Waals surface area contributed by atoms with Crippen LogP contribution in [0.5, 0.6) is 0 Å². The van der Waals surface area contributed by atoms with Gasteiger partial charge in [0.1, 0.15) is 10.7 Å². The van der Waals surface area contributed by atoms with Gasteiger partial charge in [0.05, 0.1) is 5.92 Å². The molecule has 0 bridgehead atoms. The molecule has 3 aliphatic rings. The van der Waals surface area contributed by atoms with Gasteiger partial charge in [0.15, 0.2) is 0 Å². The van der Waals surface area contributed by atoms with Crippen molar-refractivity contribution in [3.63, 3.8) is 0 Å². The molecular weight excluding hydrogens is 376 g/mol. The third-order valence-corrected chi connectivity index (χ3v) is 8.09. The van der Waals surface area contributed by atoms with Crippen LogP contribution in [-0.4, -0.2) is 67.8 Å². The Morgan fingerprint density at radius 1 is 0.964 bits per heavy atom. The molecule has 154 valence electrons. The number of pyridine rings is 1. The third-order valence-electron chi connectivity index (χ3n) is 6.17. The quantitative estimate of drug-likeness (QED) is 0.766. The molecule has 0 radical (unpaired) electrons. The number of carbonyl (C=O) groups is 1. The molecular formula is C20H30N4O3S. The highest BCUT2D eigenvalue weighted by molar-refractivity contribution is 7.89. The van der Waals surface area contributed by atoms with Gasteiger partial charge < -0.3 is 9.80 Å². The van der Waals surface area contributed by atoms with Crippen LogP contribution in [-0.2, 0) is 14.8 Å². The van der Waals surface area contributed by atoms with Crippen LogP contribution in [0.4, 0.5) is 5.82 Å². The van der Waals surface area contributed by atoms with Crippen LogP contribution in [0.15, 0.2) is 23.2 Å². The Bertz CT molecular complexity index is 801. The van der Waals surface area contributed by atoms with Gasteiger partial charge in [0.2, 0.25) is 15.9 Å². The molecule has 4 heterocycles. The molecule has 1 unspecified atom stereocenters. The fraction of sp³-hybridized carbons (Fsp3) is 0.700. The summed E-state index contributed by atoms with van der Waals surface area (Å²) in [5, 5.41) is 0. The van der Waals surface area contributed by atoms with E-state index in [1.165, 1.54) is 0 Å². The van der Waals surface area contributed by atoms with Crippen molar-refractivity contribution in [3.8, 4) is 0 Å². The van der Waals surface area contributed by atoms with Gasteiger partial charge in [-0.1, -0.05) is 6.42 Å². The molecule has 7 nitrogen and oxygen atoms in total. The molecule has 1 aromatic rings. The Hall–Kier alpha value is -1.67. The lowest BCUT2D eigenvalue weighted by Crippen LogP contribution is -2.45. The minimum atomic E-state index is -3.56. The van der Waals surface area contributed by atoms with E-state index in [0.717, 1.165) is 64.6 Å². The second-order valence-corrected chi connectivity index (χ2v) is 10.0. The number of hydrogen-bond acceptors (Lipinski definition) is 5. The zero-order chi connectivity index (χ0) is 19.6. The number of nitrogens with zero attached hydrogens (tertiary/aromatic N) is 4. The van der Waals surface area contributed by atoms with Gasteiger partial charge >= 0.3 is 0 Å². The summed E-state index contributed by atoms with van der Waals surface area (Å²) >= 11 is 0. The molecule has 3 aliphatic heterocycles. The van der Waals surface area contributed by atoms with Gasteiger partial charge in [-0.05, 0) is 50.7 Å². The van der Waals surface area contributed by atoms with E-state index in [9.17, 15) is 13.2 Å². The fourth-order valence-corrected chi connectivity index (χ4v) is 6.31. The van der Waals surface area contributed by atoms with Crippen molar-refractivity contribution >= 4 is 21.7 Å². The molecule has 0 N–H and O–H groups in total. The Labute approximate surface area is 167 Å². The number of rotatable bonds is 4. The average Bonchev–Trinajstić information content (AvgIpc) is 3.29. The first-order valence-corrected chi connectivity index (χ1v) is 12.0. The van der Waals surface area contributed by atoms with E-state index in [1.807, 2.05) is 9.80 Å². The normalized spacial score (nSPS) is 24.5. The summed E-state index contributed by atoms with van der Waals surface area (Å²) in [6.07, 6.45) is 8.46. The molecule has 1 amide bonds. The van der Waals surface area contributed by atoms with E-state index in [1.54, 1.807) is 22.6 Å². The van der Waals surface area contributed by atoms with Crippen molar-refractivity contribution in [2.24, 2.45) is 5.92 Å². The third kappa shape index (κ3) is 3.89. The number of aromatic nitrogens is 1. The maximum Gasteiger partial charge on any atom is 0.246 e. The molecule has 3 fully saturated rings. The Balaban J connectivity index is 1.56.